The molecule has 3 rings (SSSR count). The highest BCUT2D eigenvalue weighted by Crippen LogP contribution is 2.43. The van der Waals surface area contributed by atoms with E-state index in [0.29, 0.717) is 0 Å². The summed E-state index contributed by atoms with van der Waals surface area (Å²) in [4.78, 5) is 0. The fourth-order valence-electron chi connectivity index (χ4n) is 2.88. The number of allylic oxidation sites excluding steroid dienone is 1. The van der Waals surface area contributed by atoms with Crippen LogP contribution in [0.4, 0.5) is 0 Å². The van der Waals surface area contributed by atoms with Gasteiger partial charge in [0.05, 0.1) is 26.0 Å². The van der Waals surface area contributed by atoms with Gasteiger partial charge in [-0.2, -0.15) is 0 Å². The molecule has 0 spiro atoms. The number of hydrogen-bond donors (Lipinski definition) is 0. The Balaban J connectivity index is 1.88. The van der Waals surface area contributed by atoms with Crippen LogP contribution in [-0.4, -0.2) is 43.4 Å². The van der Waals surface area contributed by atoms with Gasteiger partial charge in [0.25, 0.3) is 0 Å². The molecule has 1 unspecified atom stereocenters. The second kappa shape index (κ2) is 5.23. The van der Waals surface area contributed by atoms with E-state index in [0.717, 1.165) is 32.1 Å². The summed E-state index contributed by atoms with van der Waals surface area (Å²) in [5.41, 5.74) is 2.48. The van der Waals surface area contributed by atoms with Gasteiger partial charge < -0.3 is 9.47 Å². The quantitative estimate of drug-likeness (QED) is 0.831. The summed E-state index contributed by atoms with van der Waals surface area (Å²) >= 11 is 0. The molecule has 2 aliphatic rings. The van der Waals surface area contributed by atoms with Crippen molar-refractivity contribution in [1.29, 1.82) is 0 Å². The minimum atomic E-state index is 0.212. The van der Waals surface area contributed by atoms with Gasteiger partial charge in [0.15, 0.2) is 0 Å². The van der Waals surface area contributed by atoms with Crippen LogP contribution in [0.1, 0.15) is 18.5 Å². The van der Waals surface area contributed by atoms with Gasteiger partial charge in [-0.15, -0.1) is 0 Å². The van der Waals surface area contributed by atoms with E-state index >= 15 is 0 Å². The SMILES string of the molecule is COC1=C(C)N(N2CCOCC2)C1c1ccccc1. The summed E-state index contributed by atoms with van der Waals surface area (Å²) < 4.78 is 11.0. The molecule has 0 bridgehead atoms. The highest BCUT2D eigenvalue weighted by molar-refractivity contribution is 5.35. The summed E-state index contributed by atoms with van der Waals surface area (Å²) in [5, 5.41) is 4.70. The lowest BCUT2D eigenvalue weighted by atomic mass is 9.96. The summed E-state index contributed by atoms with van der Waals surface area (Å²) in [6.07, 6.45) is 0. The van der Waals surface area contributed by atoms with Gasteiger partial charge in [-0.3, -0.25) is 5.01 Å². The normalized spacial score (nSPS) is 24.3. The predicted octanol–water partition coefficient (Wildman–Crippen LogP) is 2.17. The molecule has 1 atom stereocenters. The van der Waals surface area contributed by atoms with E-state index in [9.17, 15) is 0 Å². The number of hydrogen-bond acceptors (Lipinski definition) is 4. The third-order valence-corrected chi connectivity index (χ3v) is 3.82. The van der Waals surface area contributed by atoms with Crippen LogP contribution in [-0.2, 0) is 9.47 Å². The van der Waals surface area contributed by atoms with Gasteiger partial charge in [0, 0.05) is 13.1 Å². The molecular weight excluding hydrogens is 240 g/mol. The Morgan fingerprint density at radius 3 is 2.47 bits per heavy atom. The smallest absolute Gasteiger partial charge is 0.144 e. The molecule has 0 saturated carbocycles. The molecule has 1 fully saturated rings. The van der Waals surface area contributed by atoms with Gasteiger partial charge in [-0.25, -0.2) is 5.01 Å². The lowest BCUT2D eigenvalue weighted by molar-refractivity contribution is -0.118. The number of benzene rings is 1. The molecule has 1 aromatic rings. The lowest BCUT2D eigenvalue weighted by Crippen LogP contribution is -2.54. The van der Waals surface area contributed by atoms with Crippen molar-refractivity contribution in [3.63, 3.8) is 0 Å². The monoisotopic (exact) mass is 260 g/mol. The minimum absolute atomic E-state index is 0.212. The molecule has 2 heterocycles. The molecule has 0 amide bonds. The average Bonchev–Trinajstić information content (AvgIpc) is 2.47. The first-order valence-corrected chi connectivity index (χ1v) is 6.74. The topological polar surface area (TPSA) is 24.9 Å². The maximum atomic E-state index is 5.57. The molecule has 0 N–H and O–H groups in total. The van der Waals surface area contributed by atoms with E-state index in [1.165, 1.54) is 11.3 Å². The second-order valence-corrected chi connectivity index (χ2v) is 4.88. The molecule has 1 aromatic carbocycles. The molecule has 0 aliphatic carbocycles. The zero-order valence-corrected chi connectivity index (χ0v) is 11.5. The van der Waals surface area contributed by atoms with E-state index in [1.54, 1.807) is 7.11 Å². The van der Waals surface area contributed by atoms with Crippen LogP contribution in [0.3, 0.4) is 0 Å². The van der Waals surface area contributed by atoms with Crippen LogP contribution in [0.25, 0.3) is 0 Å². The van der Waals surface area contributed by atoms with E-state index in [-0.39, 0.29) is 6.04 Å². The van der Waals surface area contributed by atoms with Crippen molar-refractivity contribution < 1.29 is 9.47 Å². The van der Waals surface area contributed by atoms with Gasteiger partial charge in [-0.05, 0) is 12.5 Å². The Hall–Kier alpha value is -1.52. The van der Waals surface area contributed by atoms with Crippen LogP contribution in [0.5, 0.6) is 0 Å². The van der Waals surface area contributed by atoms with E-state index in [1.807, 2.05) is 6.07 Å². The number of methoxy groups -OCH3 is 1. The lowest BCUT2D eigenvalue weighted by Gasteiger charge is -2.51. The van der Waals surface area contributed by atoms with Gasteiger partial charge in [-0.1, -0.05) is 30.3 Å². The largest absolute Gasteiger partial charge is 0.497 e. The molecule has 102 valence electrons. The fraction of sp³-hybridized carbons (Fsp3) is 0.467. The van der Waals surface area contributed by atoms with Gasteiger partial charge >= 0.3 is 0 Å². The number of morpholine rings is 1. The molecule has 4 heteroatoms. The Morgan fingerprint density at radius 2 is 1.84 bits per heavy atom. The van der Waals surface area contributed by atoms with Crippen molar-refractivity contribution in [3.8, 4) is 0 Å². The van der Waals surface area contributed by atoms with Crippen LogP contribution in [0.15, 0.2) is 41.8 Å². The highest BCUT2D eigenvalue weighted by Gasteiger charge is 2.41. The predicted molar refractivity (Wildman–Crippen MR) is 73.1 cm³/mol. The first-order valence-electron chi connectivity index (χ1n) is 6.74. The molecule has 4 nitrogen and oxygen atoms in total. The molecule has 0 radical (unpaired) electrons. The molecular formula is C15H20N2O2. The zero-order chi connectivity index (χ0) is 13.2. The van der Waals surface area contributed by atoms with Gasteiger partial charge in [0.2, 0.25) is 0 Å². The average molecular weight is 260 g/mol. The summed E-state index contributed by atoms with van der Waals surface area (Å²) in [5.74, 6) is 1.07. The van der Waals surface area contributed by atoms with Crippen LogP contribution >= 0.6 is 0 Å². The van der Waals surface area contributed by atoms with Crippen molar-refractivity contribution in [1.82, 2.24) is 10.0 Å². The van der Waals surface area contributed by atoms with Crippen molar-refractivity contribution in [2.24, 2.45) is 0 Å². The molecule has 1 saturated heterocycles. The summed E-state index contributed by atoms with van der Waals surface area (Å²) in [6.45, 7) is 5.60. The maximum Gasteiger partial charge on any atom is 0.144 e. The summed E-state index contributed by atoms with van der Waals surface area (Å²) in [6, 6.07) is 10.7. The van der Waals surface area contributed by atoms with E-state index in [4.69, 9.17) is 9.47 Å². The summed E-state index contributed by atoms with van der Waals surface area (Å²) in [7, 11) is 1.76. The molecule has 2 aliphatic heterocycles. The number of hydrazine groups is 1. The third-order valence-electron chi connectivity index (χ3n) is 3.82. The Kier molecular flexibility index (Phi) is 3.44. The van der Waals surface area contributed by atoms with Crippen molar-refractivity contribution in [2.75, 3.05) is 33.4 Å². The van der Waals surface area contributed by atoms with Crippen LogP contribution in [0, 0.1) is 0 Å². The maximum absolute atomic E-state index is 5.57. The number of rotatable bonds is 3. The van der Waals surface area contributed by atoms with E-state index < -0.39 is 0 Å². The first kappa shape index (κ1) is 12.5. The number of ether oxygens (including phenoxy) is 2. The minimum Gasteiger partial charge on any atom is -0.497 e. The standard InChI is InChI=1S/C15H20N2O2/c1-12-15(18-2)14(13-6-4-3-5-7-13)17(12)16-8-10-19-11-9-16/h3-7,14H,8-11H2,1-2H3. The van der Waals surface area contributed by atoms with Crippen LogP contribution < -0.4 is 0 Å². The van der Waals surface area contributed by atoms with E-state index in [2.05, 4.69) is 41.2 Å². The molecule has 0 aromatic heterocycles. The van der Waals surface area contributed by atoms with Crippen molar-refractivity contribution in [3.05, 3.63) is 47.4 Å². The third kappa shape index (κ3) is 2.11. The van der Waals surface area contributed by atoms with Crippen LogP contribution in [0.2, 0.25) is 0 Å². The first-order chi connectivity index (χ1) is 9.33. The second-order valence-electron chi connectivity index (χ2n) is 4.88. The van der Waals surface area contributed by atoms with Crippen molar-refractivity contribution >= 4 is 0 Å². The number of nitrogens with zero attached hydrogens (tertiary/aromatic N) is 2. The molecule has 19 heavy (non-hydrogen) atoms. The van der Waals surface area contributed by atoms with Gasteiger partial charge in [0.1, 0.15) is 11.8 Å². The Morgan fingerprint density at radius 1 is 1.16 bits per heavy atom. The zero-order valence-electron chi connectivity index (χ0n) is 11.5. The Bertz CT molecular complexity index is 466. The Labute approximate surface area is 114 Å². The highest BCUT2D eigenvalue weighted by atomic mass is 16.5. The fourth-order valence-corrected chi connectivity index (χ4v) is 2.88. The van der Waals surface area contributed by atoms with Crippen molar-refractivity contribution in [2.45, 2.75) is 13.0 Å².